The van der Waals surface area contributed by atoms with Gasteiger partial charge >= 0.3 is 13.3 Å². The molecule has 1 aliphatic rings. The molecule has 3 N–H and O–H groups in total. The molecule has 0 aliphatic heterocycles. The van der Waals surface area contributed by atoms with Crippen LogP contribution in [-0.2, 0) is 18.8 Å². The number of aromatic nitrogens is 2. The van der Waals surface area contributed by atoms with Gasteiger partial charge in [0.2, 0.25) is 0 Å². The molecule has 0 aromatic carbocycles. The second-order valence-electron chi connectivity index (χ2n) is 6.00. The molecule has 1 aromatic rings. The van der Waals surface area contributed by atoms with Gasteiger partial charge in [0.1, 0.15) is 0 Å². The Hall–Kier alpha value is -1.29. The third kappa shape index (κ3) is 5.34. The number of nitrogens with zero attached hydrogens (tertiary/aromatic N) is 1. The summed E-state index contributed by atoms with van der Waals surface area (Å²) >= 11 is 0. The number of rotatable bonds is 10. The largest absolute Gasteiger partial charge is 0.380 e. The Kier molecular flexibility index (Phi) is 6.36. The quantitative estimate of drug-likeness (QED) is 0.470. The van der Waals surface area contributed by atoms with Gasteiger partial charge in [-0.1, -0.05) is 0 Å². The van der Waals surface area contributed by atoms with Crippen molar-refractivity contribution >= 4 is 7.60 Å². The molecule has 25 heavy (non-hydrogen) atoms. The van der Waals surface area contributed by atoms with Crippen LogP contribution in [0.4, 0.5) is 0 Å². The average Bonchev–Trinajstić information content (AvgIpc) is 3.15. The average molecular weight is 378 g/mol. The van der Waals surface area contributed by atoms with E-state index in [-0.39, 0.29) is 19.4 Å². The Labute approximate surface area is 143 Å². The number of hydrogen-bond acceptors (Lipinski definition) is 6. The van der Waals surface area contributed by atoms with Crippen molar-refractivity contribution in [3.05, 3.63) is 33.1 Å². The zero-order valence-electron chi connectivity index (χ0n) is 14.1. The Bertz CT molecular complexity index is 741. The zero-order valence-corrected chi connectivity index (χ0v) is 15.0. The summed E-state index contributed by atoms with van der Waals surface area (Å²) in [7, 11) is -2.77. The second kappa shape index (κ2) is 7.94. The lowest BCUT2D eigenvalue weighted by atomic mass is 10.3. The molecule has 2 rings (SSSR count). The molecule has 1 heterocycles. The third-order valence-corrected chi connectivity index (χ3v) is 4.94. The first-order valence-electron chi connectivity index (χ1n) is 7.81. The summed E-state index contributed by atoms with van der Waals surface area (Å²) < 4.78 is 29.0. The Morgan fingerprint density at radius 1 is 1.48 bits per heavy atom. The van der Waals surface area contributed by atoms with Crippen LogP contribution >= 0.6 is 7.60 Å². The summed E-state index contributed by atoms with van der Waals surface area (Å²) in [5.41, 5.74) is -2.10. The van der Waals surface area contributed by atoms with Gasteiger partial charge in [-0.05, 0) is 13.3 Å². The van der Waals surface area contributed by atoms with Crippen molar-refractivity contribution in [1.29, 1.82) is 0 Å². The van der Waals surface area contributed by atoms with Gasteiger partial charge in [0.15, 0.2) is 6.23 Å². The molecule has 1 unspecified atom stereocenters. The maximum atomic E-state index is 12.0. The standard InChI is InChI=1S/C14H23N2O8P/c1-3-23-9-14(6-10(14)8-25(19,20)21)24-12(7-22-2)16-5-4-11(17)15-13(16)18/h4-5,10,12H,3,6-9H2,1-2H3,(H,15,17,18)(H2,19,20,21)/t10?,12-,14+/m1/s1. The van der Waals surface area contributed by atoms with Crippen LogP contribution in [0, 0.1) is 5.92 Å². The fraction of sp³-hybridized carbons (Fsp3) is 0.714. The molecule has 1 aliphatic carbocycles. The minimum atomic E-state index is -4.20. The van der Waals surface area contributed by atoms with E-state index in [0.717, 1.165) is 0 Å². The molecule has 0 bridgehead atoms. The fourth-order valence-corrected chi connectivity index (χ4v) is 3.78. The van der Waals surface area contributed by atoms with Gasteiger partial charge in [0, 0.05) is 31.9 Å². The van der Waals surface area contributed by atoms with Crippen molar-refractivity contribution in [2.75, 3.05) is 33.1 Å². The van der Waals surface area contributed by atoms with Crippen molar-refractivity contribution < 1.29 is 28.6 Å². The molecule has 10 nitrogen and oxygen atoms in total. The van der Waals surface area contributed by atoms with Crippen LogP contribution in [0.15, 0.2) is 21.9 Å². The van der Waals surface area contributed by atoms with Crippen LogP contribution in [0.5, 0.6) is 0 Å². The van der Waals surface area contributed by atoms with Crippen LogP contribution in [0.2, 0.25) is 0 Å². The lowest BCUT2D eigenvalue weighted by Gasteiger charge is -2.26. The van der Waals surface area contributed by atoms with E-state index in [1.165, 1.54) is 23.9 Å². The first-order chi connectivity index (χ1) is 11.7. The van der Waals surface area contributed by atoms with Gasteiger partial charge in [-0.25, -0.2) is 4.79 Å². The second-order valence-corrected chi connectivity index (χ2v) is 7.69. The maximum Gasteiger partial charge on any atom is 0.330 e. The van der Waals surface area contributed by atoms with Crippen molar-refractivity contribution in [2.24, 2.45) is 5.92 Å². The van der Waals surface area contributed by atoms with Crippen molar-refractivity contribution in [3.8, 4) is 0 Å². The molecular weight excluding hydrogens is 355 g/mol. The smallest absolute Gasteiger partial charge is 0.330 e. The molecule has 0 saturated heterocycles. The van der Waals surface area contributed by atoms with E-state index in [0.29, 0.717) is 13.0 Å². The molecule has 1 aromatic heterocycles. The van der Waals surface area contributed by atoms with E-state index in [2.05, 4.69) is 4.98 Å². The van der Waals surface area contributed by atoms with Gasteiger partial charge in [-0.2, -0.15) is 0 Å². The van der Waals surface area contributed by atoms with Crippen molar-refractivity contribution in [2.45, 2.75) is 25.2 Å². The maximum absolute atomic E-state index is 12.0. The molecule has 0 amide bonds. The topological polar surface area (TPSA) is 140 Å². The Morgan fingerprint density at radius 2 is 2.20 bits per heavy atom. The first kappa shape index (κ1) is 20.0. The van der Waals surface area contributed by atoms with E-state index in [4.69, 9.17) is 14.2 Å². The predicted octanol–water partition coefficient (Wildman–Crippen LogP) is -0.329. The predicted molar refractivity (Wildman–Crippen MR) is 87.6 cm³/mol. The van der Waals surface area contributed by atoms with Crippen molar-refractivity contribution in [1.82, 2.24) is 9.55 Å². The van der Waals surface area contributed by atoms with Crippen LogP contribution in [0.25, 0.3) is 0 Å². The first-order valence-corrected chi connectivity index (χ1v) is 9.61. The number of nitrogens with one attached hydrogen (secondary N) is 1. The van der Waals surface area contributed by atoms with Crippen LogP contribution < -0.4 is 11.2 Å². The Balaban J connectivity index is 2.23. The summed E-state index contributed by atoms with van der Waals surface area (Å²) in [6.07, 6.45) is 0.507. The highest BCUT2D eigenvalue weighted by Crippen LogP contribution is 2.55. The highest BCUT2D eigenvalue weighted by molar-refractivity contribution is 7.51. The molecule has 0 spiro atoms. The molecule has 3 atom stereocenters. The van der Waals surface area contributed by atoms with Gasteiger partial charge in [0.25, 0.3) is 5.56 Å². The van der Waals surface area contributed by atoms with E-state index in [1.807, 2.05) is 0 Å². The molecule has 0 radical (unpaired) electrons. The van der Waals surface area contributed by atoms with Crippen LogP contribution in [-0.4, -0.2) is 58.0 Å². The minimum Gasteiger partial charge on any atom is -0.380 e. The zero-order chi connectivity index (χ0) is 18.7. The van der Waals surface area contributed by atoms with Crippen LogP contribution in [0.1, 0.15) is 19.6 Å². The molecular formula is C14H23N2O8P. The summed E-state index contributed by atoms with van der Waals surface area (Å²) in [5.74, 6) is -0.391. The SMILES string of the molecule is CCOC[C@@]1(O[C@H](COC)n2ccc(=O)[nH]c2=O)CC1CP(=O)(O)O. The highest BCUT2D eigenvalue weighted by Gasteiger charge is 2.59. The molecule has 1 fully saturated rings. The monoisotopic (exact) mass is 378 g/mol. The van der Waals surface area contributed by atoms with Gasteiger partial charge in [-0.3, -0.25) is 18.9 Å². The van der Waals surface area contributed by atoms with E-state index in [9.17, 15) is 23.9 Å². The lowest BCUT2D eigenvalue weighted by molar-refractivity contribution is -0.132. The van der Waals surface area contributed by atoms with E-state index < -0.39 is 36.6 Å². The Morgan fingerprint density at radius 3 is 2.76 bits per heavy atom. The highest BCUT2D eigenvalue weighted by atomic mass is 31.2. The number of ether oxygens (including phenoxy) is 3. The van der Waals surface area contributed by atoms with E-state index in [1.54, 1.807) is 6.92 Å². The lowest BCUT2D eigenvalue weighted by Crippen LogP contribution is -2.38. The number of H-pyrrole nitrogens is 1. The van der Waals surface area contributed by atoms with Gasteiger partial charge in [0.05, 0.1) is 25.0 Å². The number of aromatic amines is 1. The molecule has 1 saturated carbocycles. The number of hydrogen-bond donors (Lipinski definition) is 3. The number of methoxy groups -OCH3 is 1. The van der Waals surface area contributed by atoms with Crippen LogP contribution in [0.3, 0.4) is 0 Å². The minimum absolute atomic E-state index is 0.0163. The molecule has 11 heteroatoms. The van der Waals surface area contributed by atoms with Gasteiger partial charge in [-0.15, -0.1) is 0 Å². The fourth-order valence-electron chi connectivity index (χ4n) is 2.74. The summed E-state index contributed by atoms with van der Waals surface area (Å²) in [6, 6.07) is 1.18. The summed E-state index contributed by atoms with van der Waals surface area (Å²) in [6.45, 7) is 2.38. The third-order valence-electron chi connectivity index (χ3n) is 4.03. The normalized spacial score (nSPS) is 24.2. The van der Waals surface area contributed by atoms with Gasteiger partial charge < -0.3 is 24.0 Å². The van der Waals surface area contributed by atoms with Crippen molar-refractivity contribution in [3.63, 3.8) is 0 Å². The summed E-state index contributed by atoms with van der Waals surface area (Å²) in [4.78, 5) is 43.8. The molecule has 142 valence electrons. The van der Waals surface area contributed by atoms with E-state index >= 15 is 0 Å². The summed E-state index contributed by atoms with van der Waals surface area (Å²) in [5, 5.41) is 0.